The van der Waals surface area contributed by atoms with E-state index in [2.05, 4.69) is 0 Å². The Morgan fingerprint density at radius 1 is 0.361 bits per heavy atom. The summed E-state index contributed by atoms with van der Waals surface area (Å²) in [5, 5.41) is 2.55. The molecule has 0 radical (unpaired) electrons. The van der Waals surface area contributed by atoms with Crippen LogP contribution in [-0.4, -0.2) is 130 Å². The molecule has 16 nitrogen and oxygen atoms in total. The topological polar surface area (TPSA) is 155 Å². The molecule has 0 unspecified atom stereocenters. The average Bonchev–Trinajstić information content (AvgIpc) is 3.88. The van der Waals surface area contributed by atoms with E-state index in [1.165, 1.54) is 0 Å². The molecule has 8 bridgehead atoms. The standard InChI is InChI=1S/C44H56N12O4.Ni/c1-21(2)57-25-17-18-26(58-22(3)4)30-29(25)37-45-38(30)48-42-35(55(13)14)36(56(15)16)44(52-42)50-40-32-28(60-24(7)8)20-19-27(59-23(5)6)31(32)39(46-40)49-43-34(54(11)12)33(53(9)10)41(47-37)51-43;/h17-24H,1-16H3;/q-2;+2. The summed E-state index contributed by atoms with van der Waals surface area (Å²) in [6.07, 6.45) is -0.587. The van der Waals surface area contributed by atoms with Crippen molar-refractivity contribution in [1.29, 1.82) is 0 Å². The van der Waals surface area contributed by atoms with Gasteiger partial charge >= 0.3 is 16.5 Å². The van der Waals surface area contributed by atoms with Crippen LogP contribution in [0.3, 0.4) is 0 Å². The smallest absolute Gasteiger partial charge is 0.490 e. The fourth-order valence-corrected chi connectivity index (χ4v) is 7.37. The van der Waals surface area contributed by atoms with Gasteiger partial charge in [0.15, 0.2) is 0 Å². The third-order valence-electron chi connectivity index (χ3n) is 9.38. The van der Waals surface area contributed by atoms with Crippen LogP contribution in [0.25, 0.3) is 66.9 Å². The van der Waals surface area contributed by atoms with Crippen LogP contribution in [0.1, 0.15) is 78.7 Å². The molecule has 3 aromatic heterocycles. The largest absolute Gasteiger partial charge is 2.00 e. The van der Waals surface area contributed by atoms with Gasteiger partial charge in [-0.3, -0.25) is 0 Å². The SMILES string of the molecule is CC(C)Oc1ccc(OC(C)C)c2c3nc4nc(nc5[n-]c(nc6nc(nc([n-]3)c12)C(N(C)C)=C6N(C)C)c1c(OC(C)C)ccc(OC(C)C)c51)C(N(C)C)=C4N(C)C.[Ni+2]. The van der Waals surface area contributed by atoms with Crippen molar-refractivity contribution in [3.05, 3.63) is 47.6 Å². The van der Waals surface area contributed by atoms with Crippen LogP contribution in [0.4, 0.5) is 0 Å². The minimum Gasteiger partial charge on any atom is -0.490 e. The number of rotatable bonds is 12. The number of ether oxygens (including phenoxy) is 4. The van der Waals surface area contributed by atoms with Crippen molar-refractivity contribution in [3.63, 3.8) is 0 Å². The fourth-order valence-electron chi connectivity index (χ4n) is 7.37. The quantitative estimate of drug-likeness (QED) is 0.125. The molecule has 0 atom stereocenters. The van der Waals surface area contributed by atoms with Gasteiger partial charge in [0.2, 0.25) is 0 Å². The molecule has 5 heterocycles. The fraction of sp³-hybridized carbons (Fsp3) is 0.455. The Hall–Kier alpha value is -5.83. The summed E-state index contributed by atoms with van der Waals surface area (Å²) in [7, 11) is 15.6. The molecule has 0 fully saturated rings. The van der Waals surface area contributed by atoms with E-state index in [1.807, 2.05) is 156 Å². The van der Waals surface area contributed by atoms with E-state index in [9.17, 15) is 0 Å². The Labute approximate surface area is 367 Å². The molecular weight excluding hydrogens is 819 g/mol. The molecule has 0 aliphatic carbocycles. The zero-order valence-electron chi connectivity index (χ0n) is 37.9. The minimum atomic E-state index is -0.147. The number of fused-ring (bicyclic) bond motifs is 14. The van der Waals surface area contributed by atoms with Gasteiger partial charge in [0.25, 0.3) is 0 Å². The van der Waals surface area contributed by atoms with Gasteiger partial charge in [-0.25, -0.2) is 9.97 Å². The minimum absolute atomic E-state index is 0. The van der Waals surface area contributed by atoms with E-state index < -0.39 is 0 Å². The molecule has 0 spiro atoms. The summed E-state index contributed by atoms with van der Waals surface area (Å²) in [6.45, 7) is 15.9. The van der Waals surface area contributed by atoms with Gasteiger partial charge in [0.1, 0.15) is 46.3 Å². The van der Waals surface area contributed by atoms with Gasteiger partial charge in [0, 0.05) is 101 Å². The number of hydrogen-bond donors (Lipinski definition) is 0. The second kappa shape index (κ2) is 17.3. The Kier molecular flexibility index (Phi) is 12.7. The normalized spacial score (nSPS) is 12.9. The first kappa shape index (κ1) is 44.7. The molecule has 0 N–H and O–H groups in total. The van der Waals surface area contributed by atoms with Crippen molar-refractivity contribution in [1.82, 2.24) is 59.5 Å². The Morgan fingerprint density at radius 2 is 0.557 bits per heavy atom. The van der Waals surface area contributed by atoms with Crippen LogP contribution in [0, 0.1) is 0 Å². The summed E-state index contributed by atoms with van der Waals surface area (Å²) in [6, 6.07) is 7.59. The molecule has 326 valence electrons. The van der Waals surface area contributed by atoms with Crippen molar-refractivity contribution in [2.75, 3.05) is 56.4 Å². The van der Waals surface area contributed by atoms with Crippen LogP contribution < -0.4 is 28.9 Å². The average molecular weight is 876 g/mol. The van der Waals surface area contributed by atoms with E-state index >= 15 is 0 Å². The molecule has 5 aromatic rings. The zero-order valence-corrected chi connectivity index (χ0v) is 38.9. The molecular formula is C44H56N12NiO4. The molecule has 2 aliphatic rings. The van der Waals surface area contributed by atoms with E-state index in [0.29, 0.717) is 90.4 Å². The van der Waals surface area contributed by atoms with Crippen LogP contribution in [0.2, 0.25) is 0 Å². The van der Waals surface area contributed by atoms with Crippen molar-refractivity contribution in [3.8, 4) is 23.0 Å². The van der Waals surface area contributed by atoms with Crippen molar-refractivity contribution >= 4 is 66.9 Å². The summed E-state index contributed by atoms with van der Waals surface area (Å²) in [5.41, 5.74) is 4.35. The molecule has 0 saturated heterocycles. The number of benzene rings is 2. The van der Waals surface area contributed by atoms with Crippen LogP contribution in [0.15, 0.2) is 24.3 Å². The number of nitrogens with zero attached hydrogens (tertiary/aromatic N) is 12. The van der Waals surface area contributed by atoms with E-state index in [-0.39, 0.29) is 40.9 Å². The Morgan fingerprint density at radius 3 is 0.721 bits per heavy atom. The van der Waals surface area contributed by atoms with Crippen molar-refractivity contribution in [2.45, 2.75) is 79.8 Å². The van der Waals surface area contributed by atoms with Gasteiger partial charge in [-0.1, -0.05) is 0 Å². The molecule has 0 amide bonds. The monoisotopic (exact) mass is 874 g/mol. The Balaban J connectivity index is 0.00000622. The molecule has 0 saturated carbocycles. The summed E-state index contributed by atoms with van der Waals surface area (Å²) in [5.74, 6) is 3.92. The van der Waals surface area contributed by atoms with E-state index in [0.717, 1.165) is 22.8 Å². The third kappa shape index (κ3) is 8.44. The van der Waals surface area contributed by atoms with Gasteiger partial charge in [0.05, 0.1) is 47.2 Å². The maximum atomic E-state index is 6.45. The van der Waals surface area contributed by atoms with Gasteiger partial charge in [-0.15, -0.1) is 0 Å². The van der Waals surface area contributed by atoms with E-state index in [1.54, 1.807) is 0 Å². The van der Waals surface area contributed by atoms with Crippen LogP contribution in [0.5, 0.6) is 23.0 Å². The van der Waals surface area contributed by atoms with Crippen molar-refractivity contribution in [2.24, 2.45) is 0 Å². The maximum Gasteiger partial charge on any atom is 2.00 e. The van der Waals surface area contributed by atoms with Crippen molar-refractivity contribution < 1.29 is 35.4 Å². The number of aromatic nitrogens is 8. The van der Waals surface area contributed by atoms with Crippen LogP contribution in [-0.2, 0) is 16.5 Å². The summed E-state index contributed by atoms with van der Waals surface area (Å²) >= 11 is 0. The van der Waals surface area contributed by atoms with Gasteiger partial charge < -0.3 is 68.5 Å². The second-order valence-electron chi connectivity index (χ2n) is 16.7. The maximum absolute atomic E-state index is 6.45. The molecule has 2 aromatic carbocycles. The summed E-state index contributed by atoms with van der Waals surface area (Å²) in [4.78, 5) is 49.5. The molecule has 7 rings (SSSR count). The van der Waals surface area contributed by atoms with Crippen LogP contribution >= 0.6 is 0 Å². The zero-order chi connectivity index (χ0) is 43.5. The molecule has 17 heteroatoms. The first-order valence-corrected chi connectivity index (χ1v) is 20.2. The van der Waals surface area contributed by atoms with Gasteiger partial charge in [-0.05, 0) is 79.7 Å². The molecule has 61 heavy (non-hydrogen) atoms. The first-order valence-electron chi connectivity index (χ1n) is 20.2. The Bertz CT molecular complexity index is 2350. The predicted octanol–water partition coefficient (Wildman–Crippen LogP) is 6.50. The second-order valence-corrected chi connectivity index (χ2v) is 16.7. The molecule has 2 aliphatic heterocycles. The summed E-state index contributed by atoms with van der Waals surface area (Å²) < 4.78 is 25.8. The van der Waals surface area contributed by atoms with Gasteiger partial charge in [-0.2, -0.15) is 0 Å². The predicted molar refractivity (Wildman–Crippen MR) is 237 cm³/mol. The first-order chi connectivity index (χ1) is 28.3. The number of hydrogen-bond acceptors (Lipinski definition) is 14. The van der Waals surface area contributed by atoms with E-state index in [4.69, 9.17) is 58.8 Å². The third-order valence-corrected chi connectivity index (χ3v) is 9.38.